The first-order chi connectivity index (χ1) is 25.8. The van der Waals surface area contributed by atoms with Gasteiger partial charge in [-0.15, -0.1) is 0 Å². The number of likely N-dealkylation sites (tertiary alicyclic amines) is 2. The zero-order valence-corrected chi connectivity index (χ0v) is 29.0. The third-order valence-corrected chi connectivity index (χ3v) is 9.68. The number of aromatic nitrogens is 3. The Hall–Kier alpha value is -6.25. The topological polar surface area (TPSA) is 182 Å². The lowest BCUT2D eigenvalue weighted by Gasteiger charge is -2.15. The zero-order valence-electron chi connectivity index (χ0n) is 29.0. The molecular weight excluding hydrogens is 672 g/mol. The van der Waals surface area contributed by atoms with Gasteiger partial charge in [-0.3, -0.25) is 29.4 Å². The Morgan fingerprint density at radius 1 is 1.00 bits per heavy atom. The summed E-state index contributed by atoms with van der Waals surface area (Å²) in [5.74, 6) is 0.105. The number of carbonyl (C=O) groups is 2. The third kappa shape index (κ3) is 7.68. The van der Waals surface area contributed by atoms with E-state index in [-0.39, 0.29) is 23.8 Å². The highest BCUT2D eigenvalue weighted by Gasteiger charge is 2.26. The van der Waals surface area contributed by atoms with Crippen LogP contribution in [0.2, 0.25) is 0 Å². The summed E-state index contributed by atoms with van der Waals surface area (Å²) < 4.78 is 11.1. The molecule has 1 amide bonds. The first-order valence-corrected chi connectivity index (χ1v) is 17.3. The standard InChI is InChI=1S/C40H36N8O5/c1-25-30(3-2-4-34(25)46-40(51)37-8-5-26(19-44-37)20-47-15-12-28(50)21-47)31-11-14-43-35(33(31)18-42)9-6-27-7-10-36-39(32(27)17-41)53-38(45-36)23-48-16-13-29(22-48)52-24-49/h2-11,14,19,24,28-29,50H,12-13,15-16,20-23H2,1H3,(H,46,51)/b9-6+/t28-,29-/m1/s1. The van der Waals surface area contributed by atoms with E-state index in [1.54, 1.807) is 54.9 Å². The molecule has 7 rings (SSSR count). The number of anilines is 1. The van der Waals surface area contributed by atoms with Crippen molar-refractivity contribution < 1.29 is 23.8 Å². The molecule has 0 aliphatic carbocycles. The van der Waals surface area contributed by atoms with Gasteiger partial charge in [0.2, 0.25) is 5.89 Å². The molecular formula is C40H36N8O5. The highest BCUT2D eigenvalue weighted by Crippen LogP contribution is 2.33. The number of fused-ring (bicyclic) bond motifs is 1. The largest absolute Gasteiger partial charge is 0.463 e. The van der Waals surface area contributed by atoms with Gasteiger partial charge in [-0.05, 0) is 72.4 Å². The molecule has 2 aliphatic heterocycles. The summed E-state index contributed by atoms with van der Waals surface area (Å²) in [6.45, 7) is 6.22. The summed E-state index contributed by atoms with van der Waals surface area (Å²) >= 11 is 0. The molecule has 5 heterocycles. The molecule has 2 aromatic carbocycles. The van der Waals surface area contributed by atoms with Crippen LogP contribution in [0.1, 0.15) is 62.7 Å². The zero-order chi connectivity index (χ0) is 36.9. The van der Waals surface area contributed by atoms with Gasteiger partial charge >= 0.3 is 0 Å². The second-order valence-electron chi connectivity index (χ2n) is 13.2. The van der Waals surface area contributed by atoms with E-state index in [1.165, 1.54) is 0 Å². The second kappa shape index (κ2) is 15.6. The van der Waals surface area contributed by atoms with Crippen LogP contribution in [0.5, 0.6) is 0 Å². The Labute approximate surface area is 305 Å². The van der Waals surface area contributed by atoms with Crippen molar-refractivity contribution in [3.63, 3.8) is 0 Å². The number of β-amino-alcohol motifs (C(OH)–C–C–N with tert-alkyl or cyclic N) is 1. The Kier molecular flexibility index (Phi) is 10.3. The number of amides is 1. The molecule has 0 spiro atoms. The van der Waals surface area contributed by atoms with Crippen molar-refractivity contribution in [3.05, 3.63) is 106 Å². The molecule has 2 saturated heterocycles. The van der Waals surface area contributed by atoms with E-state index in [4.69, 9.17) is 9.15 Å². The van der Waals surface area contributed by atoms with Gasteiger partial charge in [0.25, 0.3) is 12.4 Å². The van der Waals surface area contributed by atoms with Crippen LogP contribution in [-0.2, 0) is 22.6 Å². The van der Waals surface area contributed by atoms with E-state index in [0.717, 1.165) is 42.6 Å². The normalized spacial score (nSPS) is 17.6. The number of carbonyl (C=O) groups excluding carboxylic acids is 2. The average Bonchev–Trinajstić information content (AvgIpc) is 3.91. The van der Waals surface area contributed by atoms with Gasteiger partial charge in [-0.1, -0.05) is 30.3 Å². The third-order valence-electron chi connectivity index (χ3n) is 9.68. The summed E-state index contributed by atoms with van der Waals surface area (Å²) in [6, 6.07) is 18.9. The minimum atomic E-state index is -0.356. The molecule has 0 saturated carbocycles. The number of nitrogens with zero attached hydrogens (tertiary/aromatic N) is 7. The average molecular weight is 709 g/mol. The Morgan fingerprint density at radius 3 is 2.58 bits per heavy atom. The minimum absolute atomic E-state index is 0.156. The number of benzene rings is 2. The van der Waals surface area contributed by atoms with Crippen molar-refractivity contribution in [2.75, 3.05) is 31.5 Å². The Morgan fingerprint density at radius 2 is 1.83 bits per heavy atom. The van der Waals surface area contributed by atoms with Gasteiger partial charge in [0.05, 0.1) is 23.9 Å². The van der Waals surface area contributed by atoms with Crippen LogP contribution in [0.25, 0.3) is 34.4 Å². The molecule has 53 heavy (non-hydrogen) atoms. The van der Waals surface area contributed by atoms with E-state index in [1.807, 2.05) is 25.1 Å². The summed E-state index contributed by atoms with van der Waals surface area (Å²) in [7, 11) is 0. The van der Waals surface area contributed by atoms with Crippen molar-refractivity contribution >= 4 is 41.3 Å². The number of hydrogen-bond acceptors (Lipinski definition) is 12. The fourth-order valence-corrected chi connectivity index (χ4v) is 6.93. The van der Waals surface area contributed by atoms with E-state index >= 15 is 0 Å². The fraction of sp³-hybridized carbons (Fsp3) is 0.275. The van der Waals surface area contributed by atoms with Crippen LogP contribution in [0.4, 0.5) is 5.69 Å². The number of rotatable bonds is 11. The van der Waals surface area contributed by atoms with Crippen LogP contribution in [0, 0.1) is 29.6 Å². The van der Waals surface area contributed by atoms with Crippen molar-refractivity contribution in [2.45, 2.75) is 45.1 Å². The van der Waals surface area contributed by atoms with Crippen molar-refractivity contribution in [2.24, 2.45) is 0 Å². The smallest absolute Gasteiger partial charge is 0.293 e. The molecule has 0 radical (unpaired) electrons. The van der Waals surface area contributed by atoms with E-state index in [9.17, 15) is 25.2 Å². The minimum Gasteiger partial charge on any atom is -0.463 e. The van der Waals surface area contributed by atoms with Crippen molar-refractivity contribution in [1.82, 2.24) is 24.8 Å². The fourth-order valence-electron chi connectivity index (χ4n) is 6.93. The van der Waals surface area contributed by atoms with Crippen molar-refractivity contribution in [3.8, 4) is 23.3 Å². The SMILES string of the molecule is Cc1c(NC(=O)c2ccc(CN3CC[C@@H](O)C3)cn2)cccc1-c1ccnc(/C=C/c2ccc3nc(CN4CC[C@@H](OC=O)C4)oc3c2C#N)c1C#N. The number of oxazole rings is 1. The molecule has 3 aromatic heterocycles. The van der Waals surface area contributed by atoms with Gasteiger partial charge in [0.1, 0.15) is 35.0 Å². The van der Waals surface area contributed by atoms with E-state index < -0.39 is 0 Å². The van der Waals surface area contributed by atoms with Gasteiger partial charge in [0.15, 0.2) is 5.58 Å². The van der Waals surface area contributed by atoms with Crippen LogP contribution in [-0.4, -0.2) is 80.6 Å². The van der Waals surface area contributed by atoms with E-state index in [0.29, 0.717) is 83.3 Å². The highest BCUT2D eigenvalue weighted by molar-refractivity contribution is 6.04. The maximum Gasteiger partial charge on any atom is 0.293 e. The lowest BCUT2D eigenvalue weighted by atomic mass is 9.94. The first-order valence-electron chi connectivity index (χ1n) is 17.3. The summed E-state index contributed by atoms with van der Waals surface area (Å²) in [4.78, 5) is 41.6. The summed E-state index contributed by atoms with van der Waals surface area (Å²) in [5, 5.41) is 33.2. The number of pyridine rings is 2. The quantitative estimate of drug-likeness (QED) is 0.174. The maximum absolute atomic E-state index is 13.2. The molecule has 0 bridgehead atoms. The predicted octanol–water partition coefficient (Wildman–Crippen LogP) is 5.07. The number of ether oxygens (including phenoxy) is 1. The Bertz CT molecular complexity index is 2290. The number of aliphatic hydroxyl groups excluding tert-OH is 1. The summed E-state index contributed by atoms with van der Waals surface area (Å²) in [5.41, 5.74) is 6.55. The number of aliphatic hydroxyl groups is 1. The van der Waals surface area contributed by atoms with Crippen LogP contribution < -0.4 is 5.32 Å². The second-order valence-corrected chi connectivity index (χ2v) is 13.2. The molecule has 5 aromatic rings. The molecule has 2 fully saturated rings. The molecule has 266 valence electrons. The van der Waals surface area contributed by atoms with Gasteiger partial charge in [-0.25, -0.2) is 4.98 Å². The predicted molar refractivity (Wildman–Crippen MR) is 196 cm³/mol. The highest BCUT2D eigenvalue weighted by atomic mass is 16.5. The van der Waals surface area contributed by atoms with E-state index in [2.05, 4.69) is 42.2 Å². The molecule has 13 nitrogen and oxygen atoms in total. The monoisotopic (exact) mass is 708 g/mol. The first kappa shape index (κ1) is 35.2. The molecule has 2 atom stereocenters. The lowest BCUT2D eigenvalue weighted by molar-refractivity contribution is -0.132. The lowest BCUT2D eigenvalue weighted by Crippen LogP contribution is -2.22. The summed E-state index contributed by atoms with van der Waals surface area (Å²) in [6.07, 6.45) is 7.77. The van der Waals surface area contributed by atoms with Crippen LogP contribution >= 0.6 is 0 Å². The van der Waals surface area contributed by atoms with Crippen molar-refractivity contribution in [1.29, 1.82) is 10.5 Å². The van der Waals surface area contributed by atoms with Crippen LogP contribution in [0.3, 0.4) is 0 Å². The maximum atomic E-state index is 13.2. The molecule has 13 heteroatoms. The van der Waals surface area contributed by atoms with Crippen LogP contribution in [0.15, 0.2) is 65.3 Å². The Balaban J connectivity index is 1.09. The van der Waals surface area contributed by atoms with Gasteiger partial charge in [0, 0.05) is 56.4 Å². The number of nitriles is 2. The molecule has 0 unspecified atom stereocenters. The van der Waals surface area contributed by atoms with Gasteiger partial charge < -0.3 is 19.6 Å². The number of hydrogen-bond donors (Lipinski definition) is 2. The molecule has 2 aliphatic rings. The molecule has 2 N–H and O–H groups in total. The van der Waals surface area contributed by atoms with Gasteiger partial charge in [-0.2, -0.15) is 10.5 Å². The number of nitrogens with one attached hydrogen (secondary N) is 1.